The zero-order valence-corrected chi connectivity index (χ0v) is 20.3. The van der Waals surface area contributed by atoms with Gasteiger partial charge in [0.2, 0.25) is 0 Å². The van der Waals surface area contributed by atoms with Crippen LogP contribution in [0.5, 0.6) is 0 Å². The van der Waals surface area contributed by atoms with Crippen molar-refractivity contribution in [2.45, 2.75) is 0 Å². The van der Waals surface area contributed by atoms with Crippen LogP contribution in [-0.4, -0.2) is 22.2 Å². The number of hydrogen-bond acceptors (Lipinski definition) is 2. The van der Waals surface area contributed by atoms with Crippen LogP contribution in [0.15, 0.2) is 121 Å². The molecule has 0 spiro atoms. The molecule has 0 amide bonds. The molecule has 0 unspecified atom stereocenters. The average Bonchev–Trinajstić information content (AvgIpc) is 2.96. The molecule has 0 aliphatic rings. The summed E-state index contributed by atoms with van der Waals surface area (Å²) in [7, 11) is 0. The molecule has 5 rings (SSSR count). The molecule has 0 aliphatic carbocycles. The van der Waals surface area contributed by atoms with E-state index >= 15 is 0 Å². The molecule has 0 fully saturated rings. The van der Waals surface area contributed by atoms with Gasteiger partial charge in [0.05, 0.1) is 11.1 Å². The zero-order chi connectivity index (χ0) is 26.5. The largest absolute Gasteiger partial charge is 0.478 e. The van der Waals surface area contributed by atoms with Crippen molar-refractivity contribution < 1.29 is 19.8 Å². The monoisotopic (exact) mass is 494 g/mol. The molecule has 5 aromatic carbocycles. The van der Waals surface area contributed by atoms with Crippen LogP contribution < -0.4 is 0 Å². The Balaban J connectivity index is 1.64. The third-order valence-corrected chi connectivity index (χ3v) is 6.25. The predicted octanol–water partition coefficient (Wildman–Crippen LogP) is 7.48. The first-order chi connectivity index (χ1) is 18.5. The number of aromatic carboxylic acids is 2. The lowest BCUT2D eigenvalue weighted by Crippen LogP contribution is -1.97. The molecule has 0 aromatic heterocycles. The van der Waals surface area contributed by atoms with E-state index in [1.165, 1.54) is 0 Å². The van der Waals surface area contributed by atoms with E-state index in [9.17, 15) is 19.8 Å². The number of rotatable bonds is 5. The van der Waals surface area contributed by atoms with E-state index in [-0.39, 0.29) is 11.1 Å². The van der Waals surface area contributed by atoms with Gasteiger partial charge in [-0.1, -0.05) is 96.8 Å². The Hall–Kier alpha value is -5.40. The highest BCUT2D eigenvalue weighted by Crippen LogP contribution is 2.32. The molecule has 0 aliphatic heterocycles. The normalized spacial score (nSPS) is 10.3. The van der Waals surface area contributed by atoms with Gasteiger partial charge in [-0.25, -0.2) is 9.59 Å². The van der Waals surface area contributed by atoms with Crippen LogP contribution in [0.4, 0.5) is 0 Å². The third kappa shape index (κ3) is 5.23. The summed E-state index contributed by atoms with van der Waals surface area (Å²) in [4.78, 5) is 22.7. The molecule has 38 heavy (non-hydrogen) atoms. The summed E-state index contributed by atoms with van der Waals surface area (Å²) < 4.78 is 0. The van der Waals surface area contributed by atoms with Crippen molar-refractivity contribution in [3.63, 3.8) is 0 Å². The maximum atomic E-state index is 11.4. The Morgan fingerprint density at radius 2 is 0.974 bits per heavy atom. The van der Waals surface area contributed by atoms with Gasteiger partial charge >= 0.3 is 11.9 Å². The summed E-state index contributed by atoms with van der Waals surface area (Å²) in [5.74, 6) is 4.71. The van der Waals surface area contributed by atoms with Crippen LogP contribution >= 0.6 is 0 Å². The fourth-order valence-corrected chi connectivity index (χ4v) is 4.29. The third-order valence-electron chi connectivity index (χ3n) is 6.25. The quantitative estimate of drug-likeness (QED) is 0.248. The minimum absolute atomic E-state index is 0.208. The molecule has 0 saturated carbocycles. The highest BCUT2D eigenvalue weighted by Gasteiger charge is 2.12. The number of hydrogen-bond donors (Lipinski definition) is 2. The second kappa shape index (κ2) is 10.7. The van der Waals surface area contributed by atoms with E-state index < -0.39 is 11.9 Å². The predicted molar refractivity (Wildman–Crippen MR) is 149 cm³/mol. The highest BCUT2D eigenvalue weighted by atomic mass is 16.4. The first kappa shape index (κ1) is 24.3. The van der Waals surface area contributed by atoms with Gasteiger partial charge in [0.1, 0.15) is 0 Å². The maximum absolute atomic E-state index is 11.4. The highest BCUT2D eigenvalue weighted by molar-refractivity contribution is 5.90. The van der Waals surface area contributed by atoms with Crippen molar-refractivity contribution in [1.29, 1.82) is 0 Å². The maximum Gasteiger partial charge on any atom is 0.335 e. The molecule has 0 heterocycles. The molecule has 4 nitrogen and oxygen atoms in total. The van der Waals surface area contributed by atoms with Crippen molar-refractivity contribution in [1.82, 2.24) is 0 Å². The Kier molecular flexibility index (Phi) is 6.84. The first-order valence-electron chi connectivity index (χ1n) is 12.0. The molecule has 0 bridgehead atoms. The average molecular weight is 495 g/mol. The SMILES string of the molecule is O=C(O)c1ccc(-c2cccc(-c3ccc(C(=O)O)cc3)c2C#Cc2cccc(-c3ccccc3)c2)cc1. The molecule has 182 valence electrons. The second-order valence-corrected chi connectivity index (χ2v) is 8.69. The molecule has 4 heteroatoms. The summed E-state index contributed by atoms with van der Waals surface area (Å²) >= 11 is 0. The molecule has 0 radical (unpaired) electrons. The van der Waals surface area contributed by atoms with Gasteiger partial charge in [-0.3, -0.25) is 0 Å². The molecule has 0 saturated heterocycles. The molecule has 2 N–H and O–H groups in total. The van der Waals surface area contributed by atoms with E-state index in [0.29, 0.717) is 0 Å². The Labute approximate surface area is 220 Å². The topological polar surface area (TPSA) is 74.6 Å². The Morgan fingerprint density at radius 3 is 1.50 bits per heavy atom. The van der Waals surface area contributed by atoms with Crippen LogP contribution in [0, 0.1) is 11.8 Å². The summed E-state index contributed by atoms with van der Waals surface area (Å²) in [6.07, 6.45) is 0. The standard InChI is InChI=1S/C34H22O4/c35-33(36)27-17-13-25(14-18-27)30-10-5-11-31(26-15-19-28(20-16-26)34(37)38)32(30)21-12-23-6-4-9-29(22-23)24-7-2-1-3-8-24/h1-11,13-20,22H,(H,35,36)(H,37,38). The van der Waals surface area contributed by atoms with Crippen molar-refractivity contribution in [3.8, 4) is 45.2 Å². The van der Waals surface area contributed by atoms with Crippen molar-refractivity contribution in [3.05, 3.63) is 144 Å². The van der Waals surface area contributed by atoms with Crippen molar-refractivity contribution >= 4 is 11.9 Å². The lowest BCUT2D eigenvalue weighted by Gasteiger charge is -2.12. The smallest absolute Gasteiger partial charge is 0.335 e. The van der Waals surface area contributed by atoms with Crippen LogP contribution in [0.25, 0.3) is 33.4 Å². The molecule has 5 aromatic rings. The Bertz CT molecular complexity index is 1610. The van der Waals surface area contributed by atoms with Crippen molar-refractivity contribution in [2.75, 3.05) is 0 Å². The molecular weight excluding hydrogens is 472 g/mol. The minimum Gasteiger partial charge on any atom is -0.478 e. The summed E-state index contributed by atoms with van der Waals surface area (Å²) in [5, 5.41) is 18.6. The Morgan fingerprint density at radius 1 is 0.474 bits per heavy atom. The number of carbonyl (C=O) groups is 2. The van der Waals surface area contributed by atoms with E-state index in [2.05, 4.69) is 24.0 Å². The van der Waals surface area contributed by atoms with E-state index in [4.69, 9.17) is 0 Å². The van der Waals surface area contributed by atoms with Gasteiger partial charge in [-0.05, 0) is 69.8 Å². The van der Waals surface area contributed by atoms with E-state index in [0.717, 1.165) is 44.5 Å². The van der Waals surface area contributed by atoms with E-state index in [1.54, 1.807) is 48.5 Å². The molecular formula is C34H22O4. The number of carboxylic acids is 2. The fraction of sp³-hybridized carbons (Fsp3) is 0. The van der Waals surface area contributed by atoms with Crippen LogP contribution in [0.3, 0.4) is 0 Å². The van der Waals surface area contributed by atoms with Gasteiger partial charge < -0.3 is 10.2 Å². The molecule has 0 atom stereocenters. The lowest BCUT2D eigenvalue weighted by atomic mass is 9.91. The van der Waals surface area contributed by atoms with E-state index in [1.807, 2.05) is 60.7 Å². The number of benzene rings is 5. The van der Waals surface area contributed by atoms with Gasteiger partial charge in [0.25, 0.3) is 0 Å². The second-order valence-electron chi connectivity index (χ2n) is 8.69. The van der Waals surface area contributed by atoms with Crippen LogP contribution in [0.2, 0.25) is 0 Å². The van der Waals surface area contributed by atoms with Gasteiger partial charge in [0.15, 0.2) is 0 Å². The summed E-state index contributed by atoms with van der Waals surface area (Å²) in [6.45, 7) is 0. The summed E-state index contributed by atoms with van der Waals surface area (Å²) in [6, 6.07) is 37.4. The number of carboxylic acid groups (broad SMARTS) is 2. The van der Waals surface area contributed by atoms with Gasteiger partial charge in [0, 0.05) is 11.1 Å². The van der Waals surface area contributed by atoms with Gasteiger partial charge in [-0.2, -0.15) is 0 Å². The fourth-order valence-electron chi connectivity index (χ4n) is 4.29. The zero-order valence-electron chi connectivity index (χ0n) is 20.3. The van der Waals surface area contributed by atoms with Crippen LogP contribution in [-0.2, 0) is 0 Å². The lowest BCUT2D eigenvalue weighted by molar-refractivity contribution is 0.0686. The van der Waals surface area contributed by atoms with Crippen LogP contribution in [0.1, 0.15) is 31.8 Å². The first-order valence-corrected chi connectivity index (χ1v) is 12.0. The van der Waals surface area contributed by atoms with Crippen molar-refractivity contribution in [2.24, 2.45) is 0 Å². The minimum atomic E-state index is -0.984. The summed E-state index contributed by atoms with van der Waals surface area (Å²) in [5.41, 5.74) is 7.59. The van der Waals surface area contributed by atoms with Gasteiger partial charge in [-0.15, -0.1) is 0 Å².